The van der Waals surface area contributed by atoms with Crippen molar-refractivity contribution in [2.45, 2.75) is 83.8 Å². The summed E-state index contributed by atoms with van der Waals surface area (Å²) in [7, 11) is 1.59. The van der Waals surface area contributed by atoms with Crippen molar-refractivity contribution < 1.29 is 14.3 Å². The third-order valence-electron chi connectivity index (χ3n) is 7.89. The van der Waals surface area contributed by atoms with Crippen molar-refractivity contribution >= 4 is 23.6 Å². The molecule has 0 bridgehead atoms. The van der Waals surface area contributed by atoms with Crippen LogP contribution in [0.3, 0.4) is 0 Å². The summed E-state index contributed by atoms with van der Waals surface area (Å²) in [6.45, 7) is 5.02. The van der Waals surface area contributed by atoms with Crippen molar-refractivity contribution in [3.8, 4) is 5.75 Å². The fraction of sp³-hybridized carbons (Fsp3) is 0.516. The van der Waals surface area contributed by atoms with Crippen molar-refractivity contribution in [3.63, 3.8) is 0 Å². The number of anilines is 1. The van der Waals surface area contributed by atoms with E-state index in [-0.39, 0.29) is 17.9 Å². The maximum atomic E-state index is 13.7. The summed E-state index contributed by atoms with van der Waals surface area (Å²) in [5.74, 6) is 1.95. The Labute approximate surface area is 232 Å². The lowest BCUT2D eigenvalue weighted by Crippen LogP contribution is -2.48. The summed E-state index contributed by atoms with van der Waals surface area (Å²) >= 11 is 0. The number of methoxy groups -OCH3 is 1. The van der Waals surface area contributed by atoms with Gasteiger partial charge in [0, 0.05) is 18.3 Å². The Morgan fingerprint density at radius 3 is 2.54 bits per heavy atom. The third kappa shape index (κ3) is 7.52. The SMILES string of the molecule is COc1cccc(NC(=O)NCc2ccc(CN3C(=N)NC(CCC4CCCCC4)(CC(C)C)C3=O)cc2)c1. The summed E-state index contributed by atoms with van der Waals surface area (Å²) in [4.78, 5) is 27.6. The van der Waals surface area contributed by atoms with Crippen LogP contribution in [0.25, 0.3) is 0 Å². The molecule has 1 atom stereocenters. The molecule has 2 fully saturated rings. The number of hydrogen-bond donors (Lipinski definition) is 4. The first-order chi connectivity index (χ1) is 18.8. The van der Waals surface area contributed by atoms with Crippen LogP contribution >= 0.6 is 0 Å². The summed E-state index contributed by atoms with van der Waals surface area (Å²) in [5.41, 5.74) is 1.87. The van der Waals surface area contributed by atoms with Crippen LogP contribution in [0.15, 0.2) is 48.5 Å². The fourth-order valence-electron chi connectivity index (χ4n) is 5.89. The highest BCUT2D eigenvalue weighted by molar-refractivity contribution is 6.07. The van der Waals surface area contributed by atoms with Crippen LogP contribution < -0.4 is 20.7 Å². The number of urea groups is 1. The van der Waals surface area contributed by atoms with E-state index in [2.05, 4.69) is 29.8 Å². The van der Waals surface area contributed by atoms with Crippen LogP contribution in [0.2, 0.25) is 0 Å². The molecule has 0 spiro atoms. The van der Waals surface area contributed by atoms with Gasteiger partial charge in [0.25, 0.3) is 5.91 Å². The number of carbonyl (C=O) groups is 2. The molecule has 1 saturated heterocycles. The number of nitrogens with zero attached hydrogens (tertiary/aromatic N) is 1. The first-order valence-corrected chi connectivity index (χ1v) is 14.2. The molecule has 39 heavy (non-hydrogen) atoms. The molecule has 0 radical (unpaired) electrons. The van der Waals surface area contributed by atoms with Crippen LogP contribution in [-0.4, -0.2) is 35.4 Å². The van der Waals surface area contributed by atoms with Gasteiger partial charge in [-0.15, -0.1) is 0 Å². The van der Waals surface area contributed by atoms with Gasteiger partial charge in [-0.2, -0.15) is 0 Å². The molecule has 1 aliphatic heterocycles. The van der Waals surface area contributed by atoms with Gasteiger partial charge >= 0.3 is 6.03 Å². The fourth-order valence-corrected chi connectivity index (χ4v) is 5.89. The maximum Gasteiger partial charge on any atom is 0.319 e. The van der Waals surface area contributed by atoms with E-state index in [1.54, 1.807) is 24.1 Å². The molecule has 8 nitrogen and oxygen atoms in total. The Kier molecular flexibility index (Phi) is 9.49. The van der Waals surface area contributed by atoms with Crippen LogP contribution in [0.5, 0.6) is 5.75 Å². The van der Waals surface area contributed by atoms with E-state index in [0.717, 1.165) is 30.4 Å². The third-order valence-corrected chi connectivity index (χ3v) is 7.89. The second-order valence-electron chi connectivity index (χ2n) is 11.4. The Morgan fingerprint density at radius 1 is 1.13 bits per heavy atom. The van der Waals surface area contributed by atoms with Gasteiger partial charge < -0.3 is 20.7 Å². The normalized spacial score (nSPS) is 19.7. The second kappa shape index (κ2) is 13.0. The van der Waals surface area contributed by atoms with Crippen LogP contribution in [0.4, 0.5) is 10.5 Å². The standard InChI is InChI=1S/C31H43N5O3/c1-22(2)19-31(17-16-23-8-5-4-6-9-23)28(37)36(29(32)35-31)21-25-14-12-24(13-15-25)20-33-30(38)34-26-10-7-11-27(18-26)39-3/h7,10-15,18,22-23H,4-6,8-9,16-17,19-21H2,1-3H3,(H2,32,35)(H2,33,34,38). The van der Waals surface area contributed by atoms with Gasteiger partial charge in [-0.3, -0.25) is 15.1 Å². The zero-order valence-electron chi connectivity index (χ0n) is 23.5. The molecular weight excluding hydrogens is 490 g/mol. The van der Waals surface area contributed by atoms with Gasteiger partial charge in [0.15, 0.2) is 5.96 Å². The summed E-state index contributed by atoms with van der Waals surface area (Å²) in [6.07, 6.45) is 9.01. The number of guanidine groups is 1. The lowest BCUT2D eigenvalue weighted by molar-refractivity contribution is -0.132. The van der Waals surface area contributed by atoms with E-state index in [1.165, 1.54) is 32.1 Å². The number of nitrogens with one attached hydrogen (secondary N) is 4. The number of ether oxygens (including phenoxy) is 1. The molecule has 3 amide bonds. The quantitative estimate of drug-likeness (QED) is 0.283. The molecule has 1 heterocycles. The Morgan fingerprint density at radius 2 is 1.85 bits per heavy atom. The molecule has 1 unspecified atom stereocenters. The Bertz CT molecular complexity index is 1140. The van der Waals surface area contributed by atoms with Gasteiger partial charge in [0.05, 0.1) is 13.7 Å². The van der Waals surface area contributed by atoms with Gasteiger partial charge in [0.1, 0.15) is 11.3 Å². The zero-order valence-corrected chi connectivity index (χ0v) is 23.5. The van der Waals surface area contributed by atoms with Gasteiger partial charge in [-0.05, 0) is 54.4 Å². The molecule has 2 aromatic carbocycles. The highest BCUT2D eigenvalue weighted by Crippen LogP contribution is 2.35. The minimum absolute atomic E-state index is 0.0250. The number of rotatable bonds is 11. The smallest absolute Gasteiger partial charge is 0.319 e. The zero-order chi connectivity index (χ0) is 27.8. The van der Waals surface area contributed by atoms with Crippen LogP contribution in [0.1, 0.15) is 76.3 Å². The average Bonchev–Trinajstić information content (AvgIpc) is 3.16. The van der Waals surface area contributed by atoms with E-state index in [0.29, 0.717) is 36.4 Å². The summed E-state index contributed by atoms with van der Waals surface area (Å²) < 4.78 is 5.19. The molecule has 8 heteroatoms. The second-order valence-corrected chi connectivity index (χ2v) is 11.4. The number of hydrogen-bond acceptors (Lipinski definition) is 4. The van der Waals surface area contributed by atoms with Crippen molar-refractivity contribution in [3.05, 3.63) is 59.7 Å². The monoisotopic (exact) mass is 533 g/mol. The van der Waals surface area contributed by atoms with Crippen molar-refractivity contribution in [2.75, 3.05) is 12.4 Å². The van der Waals surface area contributed by atoms with E-state index in [9.17, 15) is 9.59 Å². The largest absolute Gasteiger partial charge is 0.497 e. The molecule has 210 valence electrons. The lowest BCUT2D eigenvalue weighted by Gasteiger charge is -2.31. The van der Waals surface area contributed by atoms with Gasteiger partial charge in [-0.1, -0.05) is 76.3 Å². The van der Waals surface area contributed by atoms with E-state index in [1.807, 2.05) is 36.4 Å². The molecule has 1 aliphatic carbocycles. The molecule has 4 N–H and O–H groups in total. The Balaban J connectivity index is 1.32. The van der Waals surface area contributed by atoms with Crippen LogP contribution in [-0.2, 0) is 17.9 Å². The topological polar surface area (TPSA) is 107 Å². The first kappa shape index (κ1) is 28.5. The average molecular weight is 534 g/mol. The molecule has 2 aromatic rings. The summed E-state index contributed by atoms with van der Waals surface area (Å²) in [5, 5.41) is 17.6. The number of amides is 3. The molecule has 0 aromatic heterocycles. The molecular formula is C31H43N5O3. The number of carbonyl (C=O) groups excluding carboxylic acids is 2. The van der Waals surface area contributed by atoms with E-state index < -0.39 is 5.54 Å². The minimum Gasteiger partial charge on any atom is -0.497 e. The molecule has 2 aliphatic rings. The minimum atomic E-state index is -0.678. The molecule has 1 saturated carbocycles. The first-order valence-electron chi connectivity index (χ1n) is 14.2. The van der Waals surface area contributed by atoms with Crippen LogP contribution in [0, 0.1) is 17.2 Å². The van der Waals surface area contributed by atoms with Gasteiger partial charge in [0.2, 0.25) is 0 Å². The predicted octanol–water partition coefficient (Wildman–Crippen LogP) is 6.03. The van der Waals surface area contributed by atoms with Gasteiger partial charge in [-0.25, -0.2) is 4.79 Å². The molecule has 4 rings (SSSR count). The van der Waals surface area contributed by atoms with E-state index >= 15 is 0 Å². The number of benzene rings is 2. The predicted molar refractivity (Wildman–Crippen MR) is 155 cm³/mol. The maximum absolute atomic E-state index is 13.7. The van der Waals surface area contributed by atoms with E-state index in [4.69, 9.17) is 10.1 Å². The highest BCUT2D eigenvalue weighted by atomic mass is 16.5. The van der Waals surface area contributed by atoms with Crippen molar-refractivity contribution in [2.24, 2.45) is 11.8 Å². The lowest BCUT2D eigenvalue weighted by atomic mass is 9.79. The van der Waals surface area contributed by atoms with Crippen molar-refractivity contribution in [1.82, 2.24) is 15.5 Å². The highest BCUT2D eigenvalue weighted by Gasteiger charge is 2.49. The summed E-state index contributed by atoms with van der Waals surface area (Å²) in [6, 6.07) is 14.7. The van der Waals surface area contributed by atoms with Crippen molar-refractivity contribution in [1.29, 1.82) is 5.41 Å². The Hall–Kier alpha value is -3.55.